The maximum Gasteiger partial charge on any atom is 0.0817 e. The van der Waals surface area contributed by atoms with Crippen LogP contribution >= 0.6 is 11.8 Å². The fourth-order valence-corrected chi connectivity index (χ4v) is 2.70. The van der Waals surface area contributed by atoms with Gasteiger partial charge in [0.05, 0.1) is 6.04 Å². The molecule has 0 aromatic rings. The number of rotatable bonds is 3. The average Bonchev–Trinajstić information content (AvgIpc) is 2.16. The van der Waals surface area contributed by atoms with Gasteiger partial charge < -0.3 is 0 Å². The summed E-state index contributed by atoms with van der Waals surface area (Å²) >= 11 is 2.04. The summed E-state index contributed by atoms with van der Waals surface area (Å²) in [4.78, 5) is 0. The van der Waals surface area contributed by atoms with Crippen molar-refractivity contribution >= 4 is 11.8 Å². The first-order valence-electron chi connectivity index (χ1n) is 4.37. The van der Waals surface area contributed by atoms with Crippen LogP contribution in [0.2, 0.25) is 0 Å². The van der Waals surface area contributed by atoms with E-state index in [9.17, 15) is 0 Å². The van der Waals surface area contributed by atoms with E-state index < -0.39 is 0 Å². The second kappa shape index (κ2) is 5.47. The molecule has 0 radical (unpaired) electrons. The molecule has 0 amide bonds. The molecule has 1 heterocycles. The smallest absolute Gasteiger partial charge is 0.0817 e. The standard InChI is InChI=1S/C9H16N2S/c1-2-9(11-10)7-8-3-5-12-6-4-8/h1,8-9,11H,3-7,10H2. The molecule has 1 fully saturated rings. The second-order valence-electron chi connectivity index (χ2n) is 3.18. The summed E-state index contributed by atoms with van der Waals surface area (Å²) in [5, 5.41) is 0. The Morgan fingerprint density at radius 2 is 2.25 bits per heavy atom. The number of hydrogen-bond donors (Lipinski definition) is 2. The third kappa shape index (κ3) is 3.06. The van der Waals surface area contributed by atoms with Crippen molar-refractivity contribution in [2.45, 2.75) is 25.3 Å². The number of thioether (sulfide) groups is 1. The van der Waals surface area contributed by atoms with E-state index in [0.717, 1.165) is 12.3 Å². The zero-order valence-electron chi connectivity index (χ0n) is 7.25. The Kier molecular flexibility index (Phi) is 4.52. The summed E-state index contributed by atoms with van der Waals surface area (Å²) in [6.07, 6.45) is 8.93. The van der Waals surface area contributed by atoms with E-state index in [-0.39, 0.29) is 6.04 Å². The highest BCUT2D eigenvalue weighted by atomic mass is 32.2. The Labute approximate surface area is 78.6 Å². The zero-order chi connectivity index (χ0) is 8.81. The van der Waals surface area contributed by atoms with Crippen molar-refractivity contribution in [2.75, 3.05) is 11.5 Å². The molecule has 2 nitrogen and oxygen atoms in total. The summed E-state index contributed by atoms with van der Waals surface area (Å²) < 4.78 is 0. The Bertz CT molecular complexity index is 158. The van der Waals surface area contributed by atoms with Crippen molar-refractivity contribution in [3.05, 3.63) is 0 Å². The Morgan fingerprint density at radius 3 is 2.75 bits per heavy atom. The van der Waals surface area contributed by atoms with Gasteiger partial charge in [0.1, 0.15) is 0 Å². The average molecular weight is 184 g/mol. The van der Waals surface area contributed by atoms with Crippen molar-refractivity contribution in [3.63, 3.8) is 0 Å². The zero-order valence-corrected chi connectivity index (χ0v) is 8.07. The molecule has 0 bridgehead atoms. The van der Waals surface area contributed by atoms with Gasteiger partial charge in [-0.1, -0.05) is 5.92 Å². The first-order valence-corrected chi connectivity index (χ1v) is 5.52. The van der Waals surface area contributed by atoms with Crippen LogP contribution < -0.4 is 11.3 Å². The molecule has 1 aliphatic heterocycles. The van der Waals surface area contributed by atoms with Crippen LogP contribution in [-0.4, -0.2) is 17.5 Å². The third-order valence-electron chi connectivity index (χ3n) is 2.31. The molecule has 0 aromatic heterocycles. The summed E-state index contributed by atoms with van der Waals surface area (Å²) in [6, 6.07) is 0.0677. The van der Waals surface area contributed by atoms with E-state index in [1.807, 2.05) is 11.8 Å². The van der Waals surface area contributed by atoms with E-state index in [1.54, 1.807) is 0 Å². The van der Waals surface area contributed by atoms with Crippen LogP contribution in [-0.2, 0) is 0 Å². The van der Waals surface area contributed by atoms with Gasteiger partial charge in [-0.3, -0.25) is 5.84 Å². The van der Waals surface area contributed by atoms with Gasteiger partial charge >= 0.3 is 0 Å². The lowest BCUT2D eigenvalue weighted by Gasteiger charge is -2.23. The number of nitrogens with one attached hydrogen (secondary N) is 1. The van der Waals surface area contributed by atoms with Gasteiger partial charge in [-0.25, -0.2) is 5.43 Å². The van der Waals surface area contributed by atoms with E-state index >= 15 is 0 Å². The quantitative estimate of drug-likeness (QED) is 0.390. The third-order valence-corrected chi connectivity index (χ3v) is 3.36. The van der Waals surface area contributed by atoms with Crippen LogP contribution in [0.3, 0.4) is 0 Å². The van der Waals surface area contributed by atoms with Crippen LogP contribution in [0.5, 0.6) is 0 Å². The topological polar surface area (TPSA) is 38.0 Å². The Hall–Kier alpha value is -0.170. The molecule has 1 rings (SSSR count). The van der Waals surface area contributed by atoms with Crippen molar-refractivity contribution in [1.29, 1.82) is 0 Å². The van der Waals surface area contributed by atoms with Crippen molar-refractivity contribution in [1.82, 2.24) is 5.43 Å². The highest BCUT2D eigenvalue weighted by molar-refractivity contribution is 7.99. The minimum Gasteiger partial charge on any atom is -0.270 e. The first-order chi connectivity index (χ1) is 5.86. The van der Waals surface area contributed by atoms with Gasteiger partial charge in [0.2, 0.25) is 0 Å². The number of nitrogens with two attached hydrogens (primary N) is 1. The SMILES string of the molecule is C#CC(CC1CCSCC1)NN. The molecule has 0 aromatic carbocycles. The molecule has 12 heavy (non-hydrogen) atoms. The van der Waals surface area contributed by atoms with Crippen molar-refractivity contribution in [3.8, 4) is 12.3 Å². The van der Waals surface area contributed by atoms with E-state index in [0.29, 0.717) is 0 Å². The molecule has 0 spiro atoms. The van der Waals surface area contributed by atoms with E-state index in [4.69, 9.17) is 12.3 Å². The maximum atomic E-state index is 5.30. The molecule has 1 unspecified atom stereocenters. The predicted octanol–water partition coefficient (Wildman–Crippen LogP) is 0.985. The number of hydrogen-bond acceptors (Lipinski definition) is 3. The molecule has 1 atom stereocenters. The minimum absolute atomic E-state index is 0.0677. The molecule has 3 heteroatoms. The van der Waals surface area contributed by atoms with E-state index in [2.05, 4.69) is 11.3 Å². The van der Waals surface area contributed by atoms with Crippen LogP contribution in [0.25, 0.3) is 0 Å². The monoisotopic (exact) mass is 184 g/mol. The molecule has 0 saturated carbocycles. The molecular formula is C9H16N2S. The predicted molar refractivity (Wildman–Crippen MR) is 54.6 cm³/mol. The molecule has 1 saturated heterocycles. The summed E-state index contributed by atoms with van der Waals surface area (Å²) in [7, 11) is 0. The number of terminal acetylenes is 1. The van der Waals surface area contributed by atoms with Crippen molar-refractivity contribution < 1.29 is 0 Å². The van der Waals surface area contributed by atoms with Gasteiger partial charge in [0.15, 0.2) is 0 Å². The number of hydrazine groups is 1. The molecule has 0 aliphatic carbocycles. The van der Waals surface area contributed by atoms with Crippen LogP contribution in [0, 0.1) is 18.3 Å². The van der Waals surface area contributed by atoms with Gasteiger partial charge in [-0.15, -0.1) is 6.42 Å². The fourth-order valence-electron chi connectivity index (χ4n) is 1.50. The van der Waals surface area contributed by atoms with Crippen LogP contribution in [0.4, 0.5) is 0 Å². The van der Waals surface area contributed by atoms with Crippen LogP contribution in [0.1, 0.15) is 19.3 Å². The van der Waals surface area contributed by atoms with Gasteiger partial charge in [-0.2, -0.15) is 11.8 Å². The lowest BCUT2D eigenvalue weighted by atomic mass is 9.95. The van der Waals surface area contributed by atoms with Gasteiger partial charge in [0.25, 0.3) is 0 Å². The first kappa shape index (κ1) is 9.91. The maximum absolute atomic E-state index is 5.30. The lowest BCUT2D eigenvalue weighted by molar-refractivity contribution is 0.408. The second-order valence-corrected chi connectivity index (χ2v) is 4.40. The lowest BCUT2D eigenvalue weighted by Crippen LogP contribution is -2.35. The molecule has 3 N–H and O–H groups in total. The molecular weight excluding hydrogens is 168 g/mol. The summed E-state index contributed by atoms with van der Waals surface area (Å²) in [6.45, 7) is 0. The Morgan fingerprint density at radius 1 is 1.58 bits per heavy atom. The van der Waals surface area contributed by atoms with Gasteiger partial charge in [0, 0.05) is 0 Å². The molecule has 68 valence electrons. The summed E-state index contributed by atoms with van der Waals surface area (Å²) in [5.41, 5.74) is 2.66. The van der Waals surface area contributed by atoms with Crippen molar-refractivity contribution in [2.24, 2.45) is 11.8 Å². The Balaban J connectivity index is 2.24. The highest BCUT2D eigenvalue weighted by Gasteiger charge is 2.16. The highest BCUT2D eigenvalue weighted by Crippen LogP contribution is 2.25. The minimum atomic E-state index is 0.0677. The summed E-state index contributed by atoms with van der Waals surface area (Å²) in [5.74, 6) is 11.3. The van der Waals surface area contributed by atoms with Crippen LogP contribution in [0.15, 0.2) is 0 Å². The van der Waals surface area contributed by atoms with Gasteiger partial charge in [-0.05, 0) is 36.7 Å². The normalized spacial score (nSPS) is 21.7. The molecule has 1 aliphatic rings. The largest absolute Gasteiger partial charge is 0.270 e. The fraction of sp³-hybridized carbons (Fsp3) is 0.778. The van der Waals surface area contributed by atoms with E-state index in [1.165, 1.54) is 24.3 Å².